The lowest BCUT2D eigenvalue weighted by Gasteiger charge is -2.06. The van der Waals surface area contributed by atoms with Gasteiger partial charge >= 0.3 is 0 Å². The number of fused-ring (bicyclic) bond motifs is 1. The summed E-state index contributed by atoms with van der Waals surface area (Å²) in [6.45, 7) is 0. The minimum absolute atomic E-state index is 0.760. The van der Waals surface area contributed by atoms with Crippen LogP contribution in [0.4, 0.5) is 0 Å². The van der Waals surface area contributed by atoms with Gasteiger partial charge in [0.15, 0.2) is 0 Å². The van der Waals surface area contributed by atoms with Crippen molar-refractivity contribution in [3.05, 3.63) is 17.5 Å². The molecule has 1 aromatic rings. The molecule has 0 bridgehead atoms. The molecule has 2 aliphatic rings. The van der Waals surface area contributed by atoms with Gasteiger partial charge in [-0.3, -0.25) is 4.68 Å². The molecule has 0 amide bonds. The van der Waals surface area contributed by atoms with E-state index in [0.29, 0.717) is 0 Å². The fraction of sp³-hybridized carbons (Fsp3) is 0.700. The Morgan fingerprint density at radius 2 is 2.08 bits per heavy atom. The molecule has 2 aliphatic carbocycles. The van der Waals surface area contributed by atoms with Gasteiger partial charge in [-0.2, -0.15) is 5.10 Å². The highest BCUT2D eigenvalue weighted by molar-refractivity contribution is 5.20. The standard InChI is InChI=1S/C10H14N2/c1-2-4-10-8(3-1)7-12(11-10)9-5-6-9/h7,9H,1-6H2. The van der Waals surface area contributed by atoms with Crippen molar-refractivity contribution >= 4 is 0 Å². The summed E-state index contributed by atoms with van der Waals surface area (Å²) in [5, 5.41) is 4.63. The van der Waals surface area contributed by atoms with E-state index in [0.717, 1.165) is 6.04 Å². The molecule has 1 heterocycles. The number of aromatic nitrogens is 2. The number of hydrogen-bond acceptors (Lipinski definition) is 1. The van der Waals surface area contributed by atoms with Crippen LogP contribution in [0.2, 0.25) is 0 Å². The summed E-state index contributed by atoms with van der Waals surface area (Å²) in [5.74, 6) is 0. The van der Waals surface area contributed by atoms with Crippen LogP contribution in [0, 0.1) is 0 Å². The first-order valence-corrected chi connectivity index (χ1v) is 5.00. The number of hydrogen-bond donors (Lipinski definition) is 0. The van der Waals surface area contributed by atoms with Crippen LogP contribution >= 0.6 is 0 Å². The second kappa shape index (κ2) is 2.35. The van der Waals surface area contributed by atoms with Crippen molar-refractivity contribution < 1.29 is 0 Å². The zero-order valence-electron chi connectivity index (χ0n) is 7.29. The van der Waals surface area contributed by atoms with E-state index >= 15 is 0 Å². The molecule has 3 rings (SSSR count). The summed E-state index contributed by atoms with van der Waals surface area (Å²) in [4.78, 5) is 0. The number of aryl methyl sites for hydroxylation is 2. The van der Waals surface area contributed by atoms with Crippen molar-refractivity contribution in [2.24, 2.45) is 0 Å². The lowest BCUT2D eigenvalue weighted by Crippen LogP contribution is -2.00. The Balaban J connectivity index is 1.97. The van der Waals surface area contributed by atoms with E-state index in [9.17, 15) is 0 Å². The van der Waals surface area contributed by atoms with Gasteiger partial charge in [0.05, 0.1) is 11.7 Å². The molecule has 0 aliphatic heterocycles. The second-order valence-electron chi connectivity index (χ2n) is 4.02. The Labute approximate surface area is 72.6 Å². The summed E-state index contributed by atoms with van der Waals surface area (Å²) in [5.41, 5.74) is 2.90. The highest BCUT2D eigenvalue weighted by Gasteiger charge is 2.26. The average Bonchev–Trinajstić information content (AvgIpc) is 2.85. The third-order valence-electron chi connectivity index (χ3n) is 2.93. The minimum Gasteiger partial charge on any atom is -0.269 e. The molecule has 0 atom stereocenters. The van der Waals surface area contributed by atoms with Crippen LogP contribution in [0.25, 0.3) is 0 Å². The molecule has 0 spiro atoms. The van der Waals surface area contributed by atoms with Crippen LogP contribution < -0.4 is 0 Å². The van der Waals surface area contributed by atoms with Crippen molar-refractivity contribution in [1.29, 1.82) is 0 Å². The Morgan fingerprint density at radius 1 is 1.25 bits per heavy atom. The van der Waals surface area contributed by atoms with E-state index < -0.39 is 0 Å². The maximum absolute atomic E-state index is 4.63. The van der Waals surface area contributed by atoms with E-state index in [1.165, 1.54) is 49.8 Å². The first kappa shape index (κ1) is 6.70. The molecular formula is C10H14N2. The summed E-state index contributed by atoms with van der Waals surface area (Å²) in [6, 6.07) is 0.760. The van der Waals surface area contributed by atoms with Gasteiger partial charge in [0.25, 0.3) is 0 Å². The first-order chi connectivity index (χ1) is 5.93. The molecule has 1 fully saturated rings. The fourth-order valence-electron chi connectivity index (χ4n) is 2.02. The van der Waals surface area contributed by atoms with Gasteiger partial charge < -0.3 is 0 Å². The summed E-state index contributed by atoms with van der Waals surface area (Å²) < 4.78 is 2.20. The van der Waals surface area contributed by atoms with Crippen molar-refractivity contribution in [2.75, 3.05) is 0 Å². The first-order valence-electron chi connectivity index (χ1n) is 5.00. The molecule has 0 radical (unpaired) electrons. The normalized spacial score (nSPS) is 22.3. The number of rotatable bonds is 1. The highest BCUT2D eigenvalue weighted by atomic mass is 15.3. The van der Waals surface area contributed by atoms with Crippen LogP contribution in [-0.4, -0.2) is 9.78 Å². The molecule has 0 aromatic carbocycles. The van der Waals surface area contributed by atoms with Gasteiger partial charge in [-0.05, 0) is 44.1 Å². The molecule has 1 aromatic heterocycles. The van der Waals surface area contributed by atoms with E-state index in [1.54, 1.807) is 0 Å². The van der Waals surface area contributed by atoms with Crippen molar-refractivity contribution in [1.82, 2.24) is 9.78 Å². The fourth-order valence-corrected chi connectivity index (χ4v) is 2.02. The number of nitrogens with zero attached hydrogens (tertiary/aromatic N) is 2. The van der Waals surface area contributed by atoms with Gasteiger partial charge in [-0.15, -0.1) is 0 Å². The summed E-state index contributed by atoms with van der Waals surface area (Å²) in [7, 11) is 0. The third kappa shape index (κ3) is 0.977. The Bertz CT molecular complexity index is 273. The van der Waals surface area contributed by atoms with Crippen molar-refractivity contribution in [3.63, 3.8) is 0 Å². The monoisotopic (exact) mass is 162 g/mol. The maximum atomic E-state index is 4.63. The molecular weight excluding hydrogens is 148 g/mol. The summed E-state index contributed by atoms with van der Waals surface area (Å²) in [6.07, 6.45) is 10.2. The zero-order chi connectivity index (χ0) is 7.97. The second-order valence-corrected chi connectivity index (χ2v) is 4.02. The topological polar surface area (TPSA) is 17.8 Å². The maximum Gasteiger partial charge on any atom is 0.0656 e. The lowest BCUT2D eigenvalue weighted by atomic mass is 9.99. The van der Waals surface area contributed by atoms with Gasteiger partial charge in [0.1, 0.15) is 0 Å². The molecule has 12 heavy (non-hydrogen) atoms. The van der Waals surface area contributed by atoms with Crippen LogP contribution in [0.15, 0.2) is 6.20 Å². The smallest absolute Gasteiger partial charge is 0.0656 e. The van der Waals surface area contributed by atoms with E-state index in [1.807, 2.05) is 0 Å². The highest BCUT2D eigenvalue weighted by Crippen LogP contribution is 2.35. The molecule has 0 saturated heterocycles. The molecule has 2 nitrogen and oxygen atoms in total. The Kier molecular flexibility index (Phi) is 1.31. The van der Waals surface area contributed by atoms with Crippen molar-refractivity contribution in [3.8, 4) is 0 Å². The molecule has 0 N–H and O–H groups in total. The van der Waals surface area contributed by atoms with E-state index in [2.05, 4.69) is 16.0 Å². The quantitative estimate of drug-likeness (QED) is 0.618. The zero-order valence-corrected chi connectivity index (χ0v) is 7.29. The molecule has 1 saturated carbocycles. The lowest BCUT2D eigenvalue weighted by molar-refractivity contribution is 0.619. The Hall–Kier alpha value is -0.790. The van der Waals surface area contributed by atoms with Crippen LogP contribution in [0.5, 0.6) is 0 Å². The average molecular weight is 162 g/mol. The van der Waals surface area contributed by atoms with Gasteiger partial charge in [0, 0.05) is 6.20 Å². The predicted octanol–water partition coefficient (Wildman–Crippen LogP) is 2.10. The Morgan fingerprint density at radius 3 is 2.83 bits per heavy atom. The minimum atomic E-state index is 0.760. The van der Waals surface area contributed by atoms with Crippen molar-refractivity contribution in [2.45, 2.75) is 44.6 Å². The predicted molar refractivity (Wildman–Crippen MR) is 47.1 cm³/mol. The van der Waals surface area contributed by atoms with Crippen LogP contribution in [0.1, 0.15) is 43.0 Å². The van der Waals surface area contributed by atoms with Crippen LogP contribution in [-0.2, 0) is 12.8 Å². The largest absolute Gasteiger partial charge is 0.269 e. The van der Waals surface area contributed by atoms with E-state index in [4.69, 9.17) is 0 Å². The third-order valence-corrected chi connectivity index (χ3v) is 2.93. The molecule has 64 valence electrons. The van der Waals surface area contributed by atoms with Gasteiger partial charge in [-0.1, -0.05) is 0 Å². The SMILES string of the molecule is c1c2c(nn1C1CC1)CCCC2. The van der Waals surface area contributed by atoms with Crippen LogP contribution in [0.3, 0.4) is 0 Å². The van der Waals surface area contributed by atoms with Gasteiger partial charge in [0.2, 0.25) is 0 Å². The summed E-state index contributed by atoms with van der Waals surface area (Å²) >= 11 is 0. The molecule has 2 heteroatoms. The van der Waals surface area contributed by atoms with E-state index in [-0.39, 0.29) is 0 Å². The molecule has 0 unspecified atom stereocenters. The van der Waals surface area contributed by atoms with Gasteiger partial charge in [-0.25, -0.2) is 0 Å².